The van der Waals surface area contributed by atoms with Gasteiger partial charge in [-0.2, -0.15) is 0 Å². The van der Waals surface area contributed by atoms with Crippen molar-refractivity contribution in [3.63, 3.8) is 0 Å². The Morgan fingerprint density at radius 2 is 1.95 bits per heavy atom. The zero-order valence-electron chi connectivity index (χ0n) is 12.2. The number of likely N-dealkylation sites (tertiary alicyclic amines) is 1. The van der Waals surface area contributed by atoms with E-state index in [1.54, 1.807) is 12.1 Å². The molecule has 6 nitrogen and oxygen atoms in total. The molecule has 2 rings (SSSR count). The number of hydrogen-bond acceptors (Lipinski definition) is 5. The van der Waals surface area contributed by atoms with Crippen molar-refractivity contribution in [2.75, 3.05) is 32.7 Å². The summed E-state index contributed by atoms with van der Waals surface area (Å²) in [6, 6.07) is 6.06. The number of nitrogens with one attached hydrogen (secondary N) is 1. The Labute approximate surface area is 124 Å². The number of rotatable bonds is 8. The van der Waals surface area contributed by atoms with E-state index in [-0.39, 0.29) is 5.69 Å². The lowest BCUT2D eigenvalue weighted by Crippen LogP contribution is -2.27. The van der Waals surface area contributed by atoms with Crippen molar-refractivity contribution in [3.05, 3.63) is 39.9 Å². The number of nitro benzene ring substituents is 1. The smallest absolute Gasteiger partial charge is 0.269 e. The van der Waals surface area contributed by atoms with E-state index in [1.165, 1.54) is 38.1 Å². The van der Waals surface area contributed by atoms with Crippen LogP contribution in [0, 0.1) is 10.1 Å². The SMILES string of the molecule is O=[N+]([O-])c1ccc(C(O)CNCCCN2CCCC2)cc1. The van der Waals surface area contributed by atoms with Gasteiger partial charge in [0.1, 0.15) is 0 Å². The van der Waals surface area contributed by atoms with Gasteiger partial charge in [0.05, 0.1) is 11.0 Å². The topological polar surface area (TPSA) is 78.6 Å². The van der Waals surface area contributed by atoms with E-state index in [2.05, 4.69) is 10.2 Å². The summed E-state index contributed by atoms with van der Waals surface area (Å²) in [7, 11) is 0. The molecule has 1 aliphatic rings. The van der Waals surface area contributed by atoms with E-state index in [9.17, 15) is 15.2 Å². The Morgan fingerprint density at radius 1 is 1.29 bits per heavy atom. The van der Waals surface area contributed by atoms with Crippen molar-refractivity contribution in [1.82, 2.24) is 10.2 Å². The molecule has 1 fully saturated rings. The van der Waals surface area contributed by atoms with E-state index in [4.69, 9.17) is 0 Å². The molecule has 0 bridgehead atoms. The Morgan fingerprint density at radius 3 is 2.57 bits per heavy atom. The summed E-state index contributed by atoms with van der Waals surface area (Å²) in [5.74, 6) is 0. The molecule has 1 aromatic carbocycles. The van der Waals surface area contributed by atoms with Gasteiger partial charge in [0.2, 0.25) is 0 Å². The molecule has 116 valence electrons. The van der Waals surface area contributed by atoms with E-state index >= 15 is 0 Å². The van der Waals surface area contributed by atoms with Crippen molar-refractivity contribution in [2.24, 2.45) is 0 Å². The lowest BCUT2D eigenvalue weighted by Gasteiger charge is -2.15. The molecule has 0 saturated carbocycles. The van der Waals surface area contributed by atoms with Gasteiger partial charge in [-0.25, -0.2) is 0 Å². The quantitative estimate of drug-likeness (QED) is 0.433. The highest BCUT2D eigenvalue weighted by Gasteiger charge is 2.11. The maximum atomic E-state index is 10.6. The molecule has 1 heterocycles. The van der Waals surface area contributed by atoms with E-state index in [0.717, 1.165) is 19.5 Å². The first-order valence-electron chi connectivity index (χ1n) is 7.52. The first kappa shape index (κ1) is 15.9. The minimum Gasteiger partial charge on any atom is -0.387 e. The van der Waals surface area contributed by atoms with Crippen LogP contribution in [0.1, 0.15) is 30.9 Å². The molecule has 21 heavy (non-hydrogen) atoms. The third-order valence-corrected chi connectivity index (χ3v) is 3.85. The molecular formula is C15H23N3O3. The van der Waals surface area contributed by atoms with Crippen molar-refractivity contribution >= 4 is 5.69 Å². The average molecular weight is 293 g/mol. The van der Waals surface area contributed by atoms with E-state index in [1.807, 2.05) is 0 Å². The number of hydrogen-bond donors (Lipinski definition) is 2. The van der Waals surface area contributed by atoms with Crippen LogP contribution in [0.2, 0.25) is 0 Å². The van der Waals surface area contributed by atoms with Crippen molar-refractivity contribution in [2.45, 2.75) is 25.4 Å². The van der Waals surface area contributed by atoms with Crippen LogP contribution in [0.4, 0.5) is 5.69 Å². The Balaban J connectivity index is 1.64. The number of non-ortho nitro benzene ring substituents is 1. The second-order valence-electron chi connectivity index (χ2n) is 5.47. The monoisotopic (exact) mass is 293 g/mol. The first-order valence-corrected chi connectivity index (χ1v) is 7.52. The second-order valence-corrected chi connectivity index (χ2v) is 5.47. The third kappa shape index (κ3) is 5.08. The maximum absolute atomic E-state index is 10.6. The van der Waals surface area contributed by atoms with E-state index in [0.29, 0.717) is 12.1 Å². The minimum absolute atomic E-state index is 0.0459. The van der Waals surface area contributed by atoms with Gasteiger partial charge in [-0.05, 0) is 63.1 Å². The van der Waals surface area contributed by atoms with E-state index < -0.39 is 11.0 Å². The predicted molar refractivity (Wildman–Crippen MR) is 81.2 cm³/mol. The molecule has 0 radical (unpaired) electrons. The molecule has 1 saturated heterocycles. The summed E-state index contributed by atoms with van der Waals surface area (Å²) in [6.07, 6.45) is 3.07. The summed E-state index contributed by atoms with van der Waals surface area (Å²) in [4.78, 5) is 12.6. The normalized spacial score (nSPS) is 17.0. The first-order chi connectivity index (χ1) is 10.2. The number of nitrogens with zero attached hydrogens (tertiary/aromatic N) is 2. The molecule has 6 heteroatoms. The zero-order chi connectivity index (χ0) is 15.1. The predicted octanol–water partition coefficient (Wildman–Crippen LogP) is 1.70. The molecule has 1 aromatic rings. The van der Waals surface area contributed by atoms with Gasteiger partial charge in [-0.1, -0.05) is 0 Å². The number of aliphatic hydroxyl groups is 1. The lowest BCUT2D eigenvalue weighted by atomic mass is 10.1. The molecule has 0 aliphatic carbocycles. The second kappa shape index (κ2) is 8.07. The van der Waals surface area contributed by atoms with Gasteiger partial charge in [0.15, 0.2) is 0 Å². The van der Waals surface area contributed by atoms with Crippen molar-refractivity contribution in [3.8, 4) is 0 Å². The molecule has 1 atom stereocenters. The van der Waals surface area contributed by atoms with Crippen LogP contribution in [0.15, 0.2) is 24.3 Å². The van der Waals surface area contributed by atoms with Gasteiger partial charge in [-0.15, -0.1) is 0 Å². The lowest BCUT2D eigenvalue weighted by molar-refractivity contribution is -0.384. The average Bonchev–Trinajstić information content (AvgIpc) is 3.00. The Kier molecular flexibility index (Phi) is 6.10. The summed E-state index contributed by atoms with van der Waals surface area (Å²) in [6.45, 7) is 4.88. The summed E-state index contributed by atoms with van der Waals surface area (Å²) in [5, 5.41) is 23.8. The van der Waals surface area contributed by atoms with Gasteiger partial charge in [-0.3, -0.25) is 10.1 Å². The van der Waals surface area contributed by atoms with Gasteiger partial charge < -0.3 is 15.3 Å². The minimum atomic E-state index is -0.627. The molecule has 0 spiro atoms. The summed E-state index contributed by atoms with van der Waals surface area (Å²) < 4.78 is 0. The number of benzene rings is 1. The molecule has 1 unspecified atom stereocenters. The standard InChI is InChI=1S/C15H23N3O3/c19-15(13-4-6-14(7-5-13)18(20)21)12-16-8-3-11-17-9-1-2-10-17/h4-7,15-16,19H,1-3,8-12H2. The van der Waals surface area contributed by atoms with Crippen LogP contribution >= 0.6 is 0 Å². The maximum Gasteiger partial charge on any atom is 0.269 e. The van der Waals surface area contributed by atoms with Crippen LogP contribution in [0.3, 0.4) is 0 Å². The molecule has 2 N–H and O–H groups in total. The molecule has 1 aliphatic heterocycles. The van der Waals surface area contributed by atoms with Crippen LogP contribution in [0.25, 0.3) is 0 Å². The van der Waals surface area contributed by atoms with Crippen LogP contribution in [-0.4, -0.2) is 47.7 Å². The van der Waals surface area contributed by atoms with Gasteiger partial charge in [0.25, 0.3) is 5.69 Å². The number of nitro groups is 1. The molecule has 0 aromatic heterocycles. The fourth-order valence-corrected chi connectivity index (χ4v) is 2.61. The fraction of sp³-hybridized carbons (Fsp3) is 0.600. The van der Waals surface area contributed by atoms with Crippen LogP contribution in [-0.2, 0) is 0 Å². The largest absolute Gasteiger partial charge is 0.387 e. The molecule has 0 amide bonds. The summed E-state index contributed by atoms with van der Waals surface area (Å²) >= 11 is 0. The fourth-order valence-electron chi connectivity index (χ4n) is 2.61. The Bertz CT molecular complexity index is 444. The van der Waals surface area contributed by atoms with Crippen molar-refractivity contribution in [1.29, 1.82) is 0 Å². The molecular weight excluding hydrogens is 270 g/mol. The van der Waals surface area contributed by atoms with Crippen LogP contribution in [0.5, 0.6) is 0 Å². The van der Waals surface area contributed by atoms with Crippen molar-refractivity contribution < 1.29 is 10.0 Å². The highest BCUT2D eigenvalue weighted by molar-refractivity contribution is 5.33. The van der Waals surface area contributed by atoms with Gasteiger partial charge >= 0.3 is 0 Å². The summed E-state index contributed by atoms with van der Waals surface area (Å²) in [5.41, 5.74) is 0.747. The Hall–Kier alpha value is -1.50. The van der Waals surface area contributed by atoms with Gasteiger partial charge in [0, 0.05) is 18.7 Å². The van der Waals surface area contributed by atoms with Crippen LogP contribution < -0.4 is 5.32 Å². The zero-order valence-corrected chi connectivity index (χ0v) is 12.2. The number of aliphatic hydroxyl groups excluding tert-OH is 1. The third-order valence-electron chi connectivity index (χ3n) is 3.85. The highest BCUT2D eigenvalue weighted by atomic mass is 16.6. The highest BCUT2D eigenvalue weighted by Crippen LogP contribution is 2.17.